The van der Waals surface area contributed by atoms with Gasteiger partial charge in [-0.05, 0) is 39.2 Å². The third-order valence-corrected chi connectivity index (χ3v) is 3.53. The molecule has 3 heteroatoms. The summed E-state index contributed by atoms with van der Waals surface area (Å²) in [6.45, 7) is 9.92. The van der Waals surface area contributed by atoms with Crippen molar-refractivity contribution in [1.82, 2.24) is 10.2 Å². The molecule has 0 aliphatic carbocycles. The highest BCUT2D eigenvalue weighted by Crippen LogP contribution is 2.24. The van der Waals surface area contributed by atoms with Crippen molar-refractivity contribution in [3.63, 3.8) is 0 Å². The Labute approximate surface area is 93.2 Å². The normalized spacial score (nSPS) is 32.2. The van der Waals surface area contributed by atoms with Crippen molar-refractivity contribution in [2.75, 3.05) is 32.8 Å². The molecule has 0 amide bonds. The Morgan fingerprint density at radius 1 is 1.40 bits per heavy atom. The summed E-state index contributed by atoms with van der Waals surface area (Å²) in [6.07, 6.45) is 3.14. The highest BCUT2D eigenvalue weighted by Gasteiger charge is 2.33. The van der Waals surface area contributed by atoms with Gasteiger partial charge in [-0.15, -0.1) is 0 Å². The summed E-state index contributed by atoms with van der Waals surface area (Å²) in [5, 5.41) is 3.63. The fourth-order valence-electron chi connectivity index (χ4n) is 2.74. The molecular formula is C12H24N2O. The van der Waals surface area contributed by atoms with Crippen LogP contribution in [0.25, 0.3) is 0 Å². The molecule has 0 radical (unpaired) electrons. The Morgan fingerprint density at radius 2 is 2.27 bits per heavy atom. The molecule has 15 heavy (non-hydrogen) atoms. The van der Waals surface area contributed by atoms with Crippen LogP contribution in [0.1, 0.15) is 26.7 Å². The minimum Gasteiger partial charge on any atom is -0.377 e. The van der Waals surface area contributed by atoms with Crippen LogP contribution in [0.5, 0.6) is 0 Å². The standard InChI is InChI=1S/C12H24N2O/c1-10(2)15-7-6-14-8-11-4-3-5-13-12(11)9-14/h10-13H,3-9H2,1-2H3. The smallest absolute Gasteiger partial charge is 0.0596 e. The van der Waals surface area contributed by atoms with Crippen molar-refractivity contribution in [3.05, 3.63) is 0 Å². The number of likely N-dealkylation sites (tertiary alicyclic amines) is 1. The van der Waals surface area contributed by atoms with Crippen LogP contribution in [0.3, 0.4) is 0 Å². The second kappa shape index (κ2) is 5.28. The maximum Gasteiger partial charge on any atom is 0.0596 e. The third kappa shape index (κ3) is 3.16. The summed E-state index contributed by atoms with van der Waals surface area (Å²) in [7, 11) is 0. The maximum absolute atomic E-state index is 5.60. The molecule has 3 nitrogen and oxygen atoms in total. The molecule has 2 rings (SSSR count). The fourth-order valence-corrected chi connectivity index (χ4v) is 2.74. The number of piperidine rings is 1. The molecule has 0 bridgehead atoms. The number of rotatable bonds is 4. The van der Waals surface area contributed by atoms with E-state index in [0.29, 0.717) is 6.10 Å². The molecule has 88 valence electrons. The van der Waals surface area contributed by atoms with Gasteiger partial charge in [-0.25, -0.2) is 0 Å². The molecular weight excluding hydrogens is 188 g/mol. The monoisotopic (exact) mass is 212 g/mol. The van der Waals surface area contributed by atoms with E-state index in [-0.39, 0.29) is 0 Å². The van der Waals surface area contributed by atoms with Crippen LogP contribution in [0, 0.1) is 5.92 Å². The van der Waals surface area contributed by atoms with Crippen LogP contribution >= 0.6 is 0 Å². The number of nitrogens with zero attached hydrogens (tertiary/aromatic N) is 1. The number of fused-ring (bicyclic) bond motifs is 1. The summed E-state index contributed by atoms with van der Waals surface area (Å²) >= 11 is 0. The predicted molar refractivity (Wildman–Crippen MR) is 62.0 cm³/mol. The van der Waals surface area contributed by atoms with E-state index < -0.39 is 0 Å². The van der Waals surface area contributed by atoms with Crippen molar-refractivity contribution in [2.24, 2.45) is 5.92 Å². The Hall–Kier alpha value is -0.120. The van der Waals surface area contributed by atoms with Crippen molar-refractivity contribution in [2.45, 2.75) is 38.8 Å². The Balaban J connectivity index is 1.67. The summed E-state index contributed by atoms with van der Waals surface area (Å²) in [6, 6.07) is 0.762. The van der Waals surface area contributed by atoms with Gasteiger partial charge in [-0.1, -0.05) is 0 Å². The van der Waals surface area contributed by atoms with Crippen LogP contribution in [-0.2, 0) is 4.74 Å². The van der Waals surface area contributed by atoms with Gasteiger partial charge < -0.3 is 10.1 Å². The zero-order chi connectivity index (χ0) is 10.7. The molecule has 1 N–H and O–H groups in total. The molecule has 0 aromatic heterocycles. The first-order valence-corrected chi connectivity index (χ1v) is 6.33. The van der Waals surface area contributed by atoms with E-state index in [1.807, 2.05) is 0 Å². The predicted octanol–water partition coefficient (Wildman–Crippen LogP) is 1.10. The Morgan fingerprint density at radius 3 is 3.00 bits per heavy atom. The van der Waals surface area contributed by atoms with Crippen LogP contribution in [-0.4, -0.2) is 49.8 Å². The van der Waals surface area contributed by atoms with Crippen molar-refractivity contribution >= 4 is 0 Å². The topological polar surface area (TPSA) is 24.5 Å². The highest BCUT2D eigenvalue weighted by molar-refractivity contribution is 4.91. The average Bonchev–Trinajstić information content (AvgIpc) is 2.59. The van der Waals surface area contributed by atoms with E-state index in [1.54, 1.807) is 0 Å². The summed E-state index contributed by atoms with van der Waals surface area (Å²) in [4.78, 5) is 2.55. The van der Waals surface area contributed by atoms with Gasteiger partial charge in [0.2, 0.25) is 0 Å². The van der Waals surface area contributed by atoms with E-state index in [1.165, 1.54) is 32.5 Å². The molecule has 2 unspecified atom stereocenters. The molecule has 2 aliphatic rings. The summed E-state index contributed by atoms with van der Waals surface area (Å²) in [5.74, 6) is 0.901. The second-order valence-corrected chi connectivity index (χ2v) is 5.14. The van der Waals surface area contributed by atoms with Gasteiger partial charge in [0.15, 0.2) is 0 Å². The van der Waals surface area contributed by atoms with Gasteiger partial charge in [0.1, 0.15) is 0 Å². The third-order valence-electron chi connectivity index (χ3n) is 3.53. The minimum absolute atomic E-state index is 0.369. The van der Waals surface area contributed by atoms with E-state index in [4.69, 9.17) is 4.74 Å². The zero-order valence-corrected chi connectivity index (χ0v) is 10.0. The molecule has 0 aromatic rings. The Kier molecular flexibility index (Phi) is 4.00. The van der Waals surface area contributed by atoms with Gasteiger partial charge in [0, 0.05) is 25.7 Å². The van der Waals surface area contributed by atoms with Crippen LogP contribution in [0.15, 0.2) is 0 Å². The summed E-state index contributed by atoms with van der Waals surface area (Å²) in [5.41, 5.74) is 0. The largest absolute Gasteiger partial charge is 0.377 e. The lowest BCUT2D eigenvalue weighted by molar-refractivity contribution is 0.0627. The maximum atomic E-state index is 5.60. The van der Waals surface area contributed by atoms with Crippen molar-refractivity contribution in [1.29, 1.82) is 0 Å². The van der Waals surface area contributed by atoms with E-state index >= 15 is 0 Å². The van der Waals surface area contributed by atoms with E-state index in [0.717, 1.165) is 25.1 Å². The first-order valence-electron chi connectivity index (χ1n) is 6.33. The van der Waals surface area contributed by atoms with Crippen LogP contribution < -0.4 is 5.32 Å². The zero-order valence-electron chi connectivity index (χ0n) is 10.0. The summed E-state index contributed by atoms with van der Waals surface area (Å²) < 4.78 is 5.60. The van der Waals surface area contributed by atoms with Crippen molar-refractivity contribution < 1.29 is 4.74 Å². The minimum atomic E-state index is 0.369. The lowest BCUT2D eigenvalue weighted by Gasteiger charge is -2.24. The lowest BCUT2D eigenvalue weighted by Crippen LogP contribution is -2.40. The first-order chi connectivity index (χ1) is 7.25. The number of hydrogen-bond donors (Lipinski definition) is 1. The molecule has 2 saturated heterocycles. The molecule has 0 aromatic carbocycles. The number of ether oxygens (including phenoxy) is 1. The average molecular weight is 212 g/mol. The molecule has 2 heterocycles. The quantitative estimate of drug-likeness (QED) is 0.755. The molecule has 2 atom stereocenters. The lowest BCUT2D eigenvalue weighted by atomic mass is 9.94. The second-order valence-electron chi connectivity index (χ2n) is 5.14. The fraction of sp³-hybridized carbons (Fsp3) is 1.00. The highest BCUT2D eigenvalue weighted by atomic mass is 16.5. The van der Waals surface area contributed by atoms with Gasteiger partial charge in [0.25, 0.3) is 0 Å². The van der Waals surface area contributed by atoms with Crippen LogP contribution in [0.2, 0.25) is 0 Å². The number of nitrogens with one attached hydrogen (secondary N) is 1. The van der Waals surface area contributed by atoms with Gasteiger partial charge in [-0.2, -0.15) is 0 Å². The van der Waals surface area contributed by atoms with Gasteiger partial charge >= 0.3 is 0 Å². The molecule has 2 fully saturated rings. The van der Waals surface area contributed by atoms with E-state index in [9.17, 15) is 0 Å². The first kappa shape index (κ1) is 11.4. The Bertz CT molecular complexity index is 182. The van der Waals surface area contributed by atoms with Crippen LogP contribution in [0.4, 0.5) is 0 Å². The SMILES string of the molecule is CC(C)OCCN1CC2CCCNC2C1. The number of hydrogen-bond acceptors (Lipinski definition) is 3. The van der Waals surface area contributed by atoms with E-state index in [2.05, 4.69) is 24.1 Å². The van der Waals surface area contributed by atoms with Crippen molar-refractivity contribution in [3.8, 4) is 0 Å². The van der Waals surface area contributed by atoms with Gasteiger partial charge in [-0.3, -0.25) is 4.90 Å². The molecule has 2 aliphatic heterocycles. The molecule has 0 saturated carbocycles. The molecule has 0 spiro atoms. The van der Waals surface area contributed by atoms with Gasteiger partial charge in [0.05, 0.1) is 12.7 Å².